The first-order valence-corrected chi connectivity index (χ1v) is 33.0. The van der Waals surface area contributed by atoms with Crippen LogP contribution >= 0.6 is 0 Å². The predicted octanol–water partition coefficient (Wildman–Crippen LogP) is -6.88. The summed E-state index contributed by atoms with van der Waals surface area (Å²) in [7, 11) is 1.23. The van der Waals surface area contributed by atoms with Crippen molar-refractivity contribution in [2.45, 2.75) is 176 Å². The molecule has 15 atom stereocenters. The van der Waals surface area contributed by atoms with E-state index < -0.39 is 266 Å². The number of ether oxygens (including phenoxy) is 3. The van der Waals surface area contributed by atoms with Crippen LogP contribution in [0, 0.1) is 5.92 Å². The van der Waals surface area contributed by atoms with E-state index in [4.69, 9.17) is 37.1 Å². The van der Waals surface area contributed by atoms with Crippen LogP contribution in [0.3, 0.4) is 0 Å². The van der Waals surface area contributed by atoms with Crippen LogP contribution in [0.4, 0.5) is 0 Å². The molecule has 3 aromatic rings. The molecule has 0 bridgehead atoms. The second-order valence-corrected chi connectivity index (χ2v) is 25.3. The number of aliphatic hydroxyl groups excluding tert-OH is 5. The van der Waals surface area contributed by atoms with Gasteiger partial charge in [0.2, 0.25) is 64.9 Å². The standard InChI is InChI=1S/C66H90N12O25/c1-5-28(2)52(78-60(94)35(10-6-7-18-67)71-58(92)34(68)20-46(70)86)65(99)77-41(26-81)63(97)74-38(19-30-12-14-31(83)15-13-30)61(95)72-36(16-17-45(69)85)59(93)75-40(25-80)64(98)76-39(24-79)62(96)73-37-21-47(102-29(3)53(37)87)103-43-23-66(100,44(84)27-82)22-33-49(43)57(91)51-50(55(33)89)54(88)32-9-8-11-42(101-4)48(32)56(51)90/h8-9,11-15,28-29,34-41,43,47,52-53,79-83,87,89,91,100H,5-7,10,16-27,67-68H2,1-4H3,(H2,69,85)(H2,70,86)(H,71,92)(H,72,95)(H,73,96)(H,74,97)(H,75,93)(H,76,98)(H,77,99)(H,78,94)/t28-,29-,34-,35-,36-,37-,38-,39-,40-,41-,43-,47-,52-,53+,66-/m0/s1. The first-order valence-electron chi connectivity index (χ1n) is 33.0. The van der Waals surface area contributed by atoms with Crippen molar-refractivity contribution in [3.63, 3.8) is 0 Å². The number of ketones is 3. The number of phenols is 3. The quantitative estimate of drug-likeness (QED) is 0.0147. The summed E-state index contributed by atoms with van der Waals surface area (Å²) in [6.07, 6.45) is -9.48. The van der Waals surface area contributed by atoms with Crippen LogP contribution < -0.4 is 70.2 Å². The maximum Gasteiger partial charge on any atom is 0.245 e. The lowest BCUT2D eigenvalue weighted by Crippen LogP contribution is -2.62. The number of benzene rings is 3. The summed E-state index contributed by atoms with van der Waals surface area (Å²) < 4.78 is 17.5. The highest BCUT2D eigenvalue weighted by atomic mass is 16.7. The van der Waals surface area contributed by atoms with Crippen molar-refractivity contribution in [2.24, 2.45) is 28.9 Å². The lowest BCUT2D eigenvalue weighted by Gasteiger charge is -2.43. The topological polar surface area (TPSA) is 632 Å². The minimum atomic E-state index is -2.55. The number of unbranched alkanes of at least 4 members (excludes halogenated alkanes) is 1. The summed E-state index contributed by atoms with van der Waals surface area (Å²) >= 11 is 0. The molecule has 6 rings (SSSR count). The second-order valence-electron chi connectivity index (χ2n) is 25.3. The van der Waals surface area contributed by atoms with Gasteiger partial charge in [0, 0.05) is 48.8 Å². The number of hydrogen-bond acceptors (Lipinski definition) is 27. The molecule has 2 aliphatic carbocycles. The largest absolute Gasteiger partial charge is 0.508 e. The van der Waals surface area contributed by atoms with Gasteiger partial charge in [-0.2, -0.15) is 0 Å². The van der Waals surface area contributed by atoms with Gasteiger partial charge < -0.3 is 126 Å². The van der Waals surface area contributed by atoms with Crippen molar-refractivity contribution in [3.8, 4) is 23.0 Å². The van der Waals surface area contributed by atoms with Gasteiger partial charge in [0.05, 0.1) is 74.3 Å². The molecule has 37 nitrogen and oxygen atoms in total. The van der Waals surface area contributed by atoms with E-state index >= 15 is 0 Å². The minimum Gasteiger partial charge on any atom is -0.508 e. The number of methoxy groups -OCH3 is 1. The fourth-order valence-corrected chi connectivity index (χ4v) is 12.0. The number of carbonyl (C=O) groups is 13. The van der Waals surface area contributed by atoms with E-state index in [1.165, 1.54) is 56.5 Å². The molecule has 0 saturated carbocycles. The van der Waals surface area contributed by atoms with Gasteiger partial charge in [0.1, 0.15) is 83.6 Å². The monoisotopic (exact) mass is 1450 g/mol. The van der Waals surface area contributed by atoms with Crippen molar-refractivity contribution < 1.29 is 122 Å². The van der Waals surface area contributed by atoms with E-state index in [2.05, 4.69) is 42.5 Å². The Balaban J connectivity index is 1.17. The normalized spacial score (nSPS) is 20.9. The van der Waals surface area contributed by atoms with Crippen molar-refractivity contribution in [1.29, 1.82) is 0 Å². The number of fused-ring (bicyclic) bond motifs is 3. The van der Waals surface area contributed by atoms with Gasteiger partial charge in [-0.1, -0.05) is 44.5 Å². The van der Waals surface area contributed by atoms with Crippen LogP contribution in [0.1, 0.15) is 133 Å². The van der Waals surface area contributed by atoms with Crippen molar-refractivity contribution in [2.75, 3.05) is 40.1 Å². The Morgan fingerprint density at radius 3 is 1.79 bits per heavy atom. The van der Waals surface area contributed by atoms with Gasteiger partial charge in [-0.15, -0.1) is 0 Å². The summed E-state index contributed by atoms with van der Waals surface area (Å²) in [6, 6.07) is -5.78. The molecule has 1 fully saturated rings. The number of nitrogens with two attached hydrogens (primary N) is 4. The molecule has 0 radical (unpaired) electrons. The van der Waals surface area contributed by atoms with E-state index in [1.54, 1.807) is 13.8 Å². The van der Waals surface area contributed by atoms with Gasteiger partial charge in [-0.25, -0.2) is 0 Å². The van der Waals surface area contributed by atoms with Crippen LogP contribution in [-0.2, 0) is 75.1 Å². The SMILES string of the molecule is CC[C@H](C)[C@H](NC(=O)[C@H](CCCCN)NC(=O)[C@@H](N)CC(N)=O)C(=O)N[C@@H](CO)C(=O)N[C@@H](Cc1ccc(O)cc1)C(=O)N[C@@H](CCC(N)=O)C(=O)N[C@@H](CO)C(=O)N[C@@H](CO)C(=O)N[C@H]1C[C@H](O[C@H]2C[C@](O)(C(=O)CO)Cc3c(O)c4c(c(O)c32)C(=O)c2c(OC)cccc2C4=O)O[C@@H](C)[C@H]1O. The molecule has 10 amide bonds. The number of carbonyl (C=O) groups excluding carboxylic acids is 13. The molecule has 0 aromatic heterocycles. The first-order chi connectivity index (χ1) is 48.7. The maximum absolute atomic E-state index is 14.4. The van der Waals surface area contributed by atoms with Crippen LogP contribution in [0.25, 0.3) is 0 Å². The van der Waals surface area contributed by atoms with E-state index in [1.807, 2.05) is 0 Å². The summed E-state index contributed by atoms with van der Waals surface area (Å²) in [4.78, 5) is 176. The molecule has 25 N–H and O–H groups in total. The average Bonchev–Trinajstić information content (AvgIpc) is 0.711. The Morgan fingerprint density at radius 1 is 0.670 bits per heavy atom. The number of aromatic hydroxyl groups is 3. The summed E-state index contributed by atoms with van der Waals surface area (Å²) in [5.41, 5.74) is 17.2. The first kappa shape index (κ1) is 82.1. The number of Topliss-reactive ketones (excluding diaryl/α,β-unsaturated/α-hetero) is 1. The molecule has 564 valence electrons. The minimum absolute atomic E-state index is 0.00912. The number of phenolic OH excluding ortho intramolecular Hbond substituents is 3. The van der Waals surface area contributed by atoms with Gasteiger partial charge in [0.25, 0.3) is 0 Å². The van der Waals surface area contributed by atoms with Crippen LogP contribution in [0.15, 0.2) is 42.5 Å². The molecular weight excluding hydrogens is 1360 g/mol. The van der Waals surface area contributed by atoms with Crippen molar-refractivity contribution in [1.82, 2.24) is 42.5 Å². The highest BCUT2D eigenvalue weighted by Gasteiger charge is 2.51. The number of nitrogens with one attached hydrogen (secondary N) is 8. The third kappa shape index (κ3) is 20.3. The zero-order valence-electron chi connectivity index (χ0n) is 56.8. The van der Waals surface area contributed by atoms with Crippen LogP contribution in [0.5, 0.6) is 23.0 Å². The van der Waals surface area contributed by atoms with Crippen molar-refractivity contribution >= 4 is 76.4 Å². The zero-order valence-corrected chi connectivity index (χ0v) is 56.8. The van der Waals surface area contributed by atoms with Gasteiger partial charge in [-0.05, 0) is 68.8 Å². The molecule has 1 aliphatic heterocycles. The van der Waals surface area contributed by atoms with Crippen LogP contribution in [0.2, 0.25) is 0 Å². The Labute approximate surface area is 588 Å². The van der Waals surface area contributed by atoms with Crippen molar-refractivity contribution in [3.05, 3.63) is 81.4 Å². The third-order valence-electron chi connectivity index (χ3n) is 18.0. The van der Waals surface area contributed by atoms with E-state index in [0.717, 1.165) is 0 Å². The highest BCUT2D eigenvalue weighted by Crippen LogP contribution is 2.52. The Bertz CT molecular complexity index is 3670. The highest BCUT2D eigenvalue weighted by molar-refractivity contribution is 6.31. The molecule has 37 heteroatoms. The van der Waals surface area contributed by atoms with E-state index in [9.17, 15) is 108 Å². The number of amides is 10. The maximum atomic E-state index is 14.4. The molecule has 1 heterocycles. The molecule has 3 aromatic carbocycles. The number of primary amides is 2. The summed E-state index contributed by atoms with van der Waals surface area (Å²) in [6.45, 7) is 0.0476. The summed E-state index contributed by atoms with van der Waals surface area (Å²) in [5, 5.41) is 117. The van der Waals surface area contributed by atoms with E-state index in [-0.39, 0.29) is 53.1 Å². The Kier molecular flexibility index (Phi) is 29.4. The lowest BCUT2D eigenvalue weighted by atomic mass is 9.72. The fourth-order valence-electron chi connectivity index (χ4n) is 12.0. The third-order valence-corrected chi connectivity index (χ3v) is 18.0. The van der Waals surface area contributed by atoms with Crippen LogP contribution in [-0.4, -0.2) is 241 Å². The van der Waals surface area contributed by atoms with Gasteiger partial charge in [-0.3, -0.25) is 62.3 Å². The number of rotatable bonds is 37. The summed E-state index contributed by atoms with van der Waals surface area (Å²) in [5.74, 6) is -16.7. The Hall–Kier alpha value is -9.83. The molecule has 0 spiro atoms. The number of hydrogen-bond donors (Lipinski definition) is 21. The predicted molar refractivity (Wildman–Crippen MR) is 355 cm³/mol. The van der Waals surface area contributed by atoms with Gasteiger partial charge >= 0.3 is 0 Å². The van der Waals surface area contributed by atoms with Gasteiger partial charge in [0.15, 0.2) is 17.9 Å². The molecule has 103 heavy (non-hydrogen) atoms. The zero-order chi connectivity index (χ0) is 76.5. The molecule has 3 aliphatic rings. The molecule has 1 saturated heterocycles. The second kappa shape index (κ2) is 36.9. The average molecular weight is 1450 g/mol. The van der Waals surface area contributed by atoms with E-state index in [0.29, 0.717) is 12.8 Å². The number of aliphatic hydroxyl groups is 6. The molecule has 0 unspecified atom stereocenters. The molecular formula is C66H90N12O25. The Morgan fingerprint density at radius 2 is 1.21 bits per heavy atom. The lowest BCUT2D eigenvalue weighted by molar-refractivity contribution is -0.249. The fraction of sp³-hybridized carbons (Fsp3) is 0.530. The smallest absolute Gasteiger partial charge is 0.245 e.